The van der Waals surface area contributed by atoms with E-state index in [1.807, 2.05) is 0 Å². The molecule has 2 aliphatic rings. The van der Waals surface area contributed by atoms with E-state index in [1.165, 1.54) is 4.57 Å². The summed E-state index contributed by atoms with van der Waals surface area (Å²) in [6.07, 6.45) is -10.3. The summed E-state index contributed by atoms with van der Waals surface area (Å²) in [4.78, 5) is 8.59. The molecule has 0 amide bonds. The molecule has 0 radical (unpaired) electrons. The summed E-state index contributed by atoms with van der Waals surface area (Å²) in [6, 6.07) is 1.72. The average Bonchev–Trinajstić information content (AvgIpc) is 3.57. The first-order chi connectivity index (χ1) is 18.6. The Morgan fingerprint density at radius 1 is 1.05 bits per heavy atom. The van der Waals surface area contributed by atoms with Gasteiger partial charge in [0.2, 0.25) is 5.28 Å². The maximum Gasteiger partial charge on any atom is 0.412 e. The summed E-state index contributed by atoms with van der Waals surface area (Å²) < 4.78 is 108. The quantitative estimate of drug-likeness (QED) is 0.207. The monoisotopic (exact) mass is 625 g/mol. The van der Waals surface area contributed by atoms with Crippen LogP contribution in [0.4, 0.5) is 26.3 Å². The molecule has 0 unspecified atom stereocenters. The minimum atomic E-state index is -5.02. The highest BCUT2D eigenvalue weighted by Gasteiger charge is 2.45. The molecule has 4 rings (SSSR count). The number of aromatic nitrogens is 3. The third-order valence-electron chi connectivity index (χ3n) is 6.57. The van der Waals surface area contributed by atoms with E-state index in [4.69, 9.17) is 21.1 Å². The predicted molar refractivity (Wildman–Crippen MR) is 127 cm³/mol. The lowest BCUT2D eigenvalue weighted by atomic mass is 10.0. The van der Waals surface area contributed by atoms with E-state index >= 15 is 0 Å². The summed E-state index contributed by atoms with van der Waals surface area (Å²) in [5.41, 5.74) is 1.05. The second kappa shape index (κ2) is 12.4. The Bertz CT molecular complexity index is 1190. The molecule has 18 heteroatoms. The number of alkyl halides is 6. The van der Waals surface area contributed by atoms with Crippen LogP contribution >= 0.6 is 19.2 Å². The van der Waals surface area contributed by atoms with Crippen LogP contribution in [-0.4, -0.2) is 81.6 Å². The molecular formula is C22H27ClF6N3O7P. The molecule has 1 saturated carbocycles. The van der Waals surface area contributed by atoms with Gasteiger partial charge in [-0.15, -0.1) is 0 Å². The number of hydrogen-bond donors (Lipinski definition) is 2. The average molecular weight is 626 g/mol. The first-order valence-corrected chi connectivity index (χ1v) is 14.4. The van der Waals surface area contributed by atoms with E-state index in [1.54, 1.807) is 12.3 Å². The number of rotatable bonds is 11. The first-order valence-electron chi connectivity index (χ1n) is 12.3. The SMILES string of the molecule is O=P(COC[C@H]1O[C@@H](n2ccc3c(CC4CCCC4)nc(Cl)nc32)[C@H](O)[C@@H]1O)(OCC(F)(F)F)OCC(F)(F)F. The lowest BCUT2D eigenvalue weighted by molar-refractivity contribution is -0.166. The van der Waals surface area contributed by atoms with Crippen molar-refractivity contribution < 1.29 is 59.6 Å². The molecular weight excluding hydrogens is 599 g/mol. The van der Waals surface area contributed by atoms with Gasteiger partial charge in [-0.05, 0) is 30.0 Å². The Kier molecular flexibility index (Phi) is 9.72. The highest BCUT2D eigenvalue weighted by atomic mass is 35.5. The zero-order valence-electron chi connectivity index (χ0n) is 20.8. The third kappa shape index (κ3) is 8.06. The van der Waals surface area contributed by atoms with Gasteiger partial charge >= 0.3 is 19.9 Å². The fourth-order valence-electron chi connectivity index (χ4n) is 4.75. The van der Waals surface area contributed by atoms with Gasteiger partial charge in [0.15, 0.2) is 19.4 Å². The highest BCUT2D eigenvalue weighted by molar-refractivity contribution is 7.53. The van der Waals surface area contributed by atoms with E-state index < -0.39 is 70.7 Å². The minimum absolute atomic E-state index is 0.0261. The standard InChI is InChI=1S/C22H27ClF6N3O7P/c23-20-30-14(7-12-3-1-2-4-12)13-5-6-32(18(13)31-20)19-17(34)16(33)15(39-19)8-36-11-40(35,37-9-21(24,25)26)38-10-22(27,28)29/h5-6,12,15-17,19,33-34H,1-4,7-11H2/t15-,16-,17-,19-/m1/s1. The Hall–Kier alpha value is -1.52. The molecule has 2 aromatic heterocycles. The number of aliphatic hydroxyl groups excluding tert-OH is 2. The number of ether oxygens (including phenoxy) is 2. The minimum Gasteiger partial charge on any atom is -0.387 e. The van der Waals surface area contributed by atoms with Crippen molar-refractivity contribution >= 4 is 30.2 Å². The van der Waals surface area contributed by atoms with Gasteiger partial charge in [0, 0.05) is 11.6 Å². The zero-order valence-corrected chi connectivity index (χ0v) is 22.4. The van der Waals surface area contributed by atoms with Crippen molar-refractivity contribution in [3.63, 3.8) is 0 Å². The maximum atomic E-state index is 12.5. The van der Waals surface area contributed by atoms with E-state index in [0.717, 1.165) is 31.4 Å². The topological polar surface area (TPSA) is 125 Å². The molecule has 2 fully saturated rings. The number of aliphatic hydroxyl groups is 2. The van der Waals surface area contributed by atoms with E-state index in [-0.39, 0.29) is 5.28 Å². The van der Waals surface area contributed by atoms with Crippen LogP contribution in [0.5, 0.6) is 0 Å². The maximum absolute atomic E-state index is 12.5. The zero-order chi connectivity index (χ0) is 29.3. The van der Waals surface area contributed by atoms with Crippen LogP contribution in [0.25, 0.3) is 11.0 Å². The Labute approximate surface area is 229 Å². The van der Waals surface area contributed by atoms with Crippen LogP contribution in [0.15, 0.2) is 12.3 Å². The van der Waals surface area contributed by atoms with Crippen molar-refractivity contribution in [1.82, 2.24) is 14.5 Å². The van der Waals surface area contributed by atoms with Gasteiger partial charge in [-0.25, -0.2) is 4.98 Å². The van der Waals surface area contributed by atoms with Crippen LogP contribution in [0, 0.1) is 5.92 Å². The normalized spacial score (nSPS) is 24.9. The van der Waals surface area contributed by atoms with E-state index in [0.29, 0.717) is 23.4 Å². The van der Waals surface area contributed by atoms with Gasteiger partial charge in [0.1, 0.15) is 30.3 Å². The van der Waals surface area contributed by atoms with Crippen molar-refractivity contribution in [3.8, 4) is 0 Å². The third-order valence-corrected chi connectivity index (χ3v) is 8.29. The van der Waals surface area contributed by atoms with Crippen molar-refractivity contribution in [1.29, 1.82) is 0 Å². The van der Waals surface area contributed by atoms with Crippen molar-refractivity contribution in [2.24, 2.45) is 5.92 Å². The summed E-state index contributed by atoms with van der Waals surface area (Å²) in [5.74, 6) is 0.449. The van der Waals surface area contributed by atoms with Gasteiger partial charge in [0.25, 0.3) is 0 Å². The molecule has 0 spiro atoms. The second-order valence-corrected chi connectivity index (χ2v) is 12.0. The van der Waals surface area contributed by atoms with Gasteiger partial charge in [-0.2, -0.15) is 31.3 Å². The molecule has 3 heterocycles. The smallest absolute Gasteiger partial charge is 0.387 e. The summed E-state index contributed by atoms with van der Waals surface area (Å²) in [5, 5.41) is 21.8. The molecule has 1 aliphatic carbocycles. The van der Waals surface area contributed by atoms with Crippen molar-refractivity contribution in [2.45, 2.75) is 69.0 Å². The largest absolute Gasteiger partial charge is 0.412 e. The molecule has 10 nitrogen and oxygen atoms in total. The number of fused-ring (bicyclic) bond motifs is 1. The Morgan fingerprint density at radius 3 is 2.27 bits per heavy atom. The molecule has 1 aliphatic heterocycles. The lowest BCUT2D eigenvalue weighted by Gasteiger charge is -2.21. The van der Waals surface area contributed by atoms with Crippen molar-refractivity contribution in [2.75, 3.05) is 26.2 Å². The van der Waals surface area contributed by atoms with Crippen LogP contribution in [0.3, 0.4) is 0 Å². The molecule has 40 heavy (non-hydrogen) atoms. The molecule has 0 bridgehead atoms. The summed E-state index contributed by atoms with van der Waals surface area (Å²) >= 11 is 6.16. The fourth-order valence-corrected chi connectivity index (χ4v) is 6.17. The summed E-state index contributed by atoms with van der Waals surface area (Å²) in [6.45, 7) is -4.95. The number of nitrogens with zero attached hydrogens (tertiary/aromatic N) is 3. The number of halogens is 7. The number of hydrogen-bond acceptors (Lipinski definition) is 9. The Morgan fingerprint density at radius 2 is 1.68 bits per heavy atom. The summed E-state index contributed by atoms with van der Waals surface area (Å²) in [7, 11) is -5.02. The van der Waals surface area contributed by atoms with Crippen molar-refractivity contribution in [3.05, 3.63) is 23.2 Å². The fraction of sp³-hybridized carbons (Fsp3) is 0.727. The van der Waals surface area contributed by atoms with Crippen LogP contribution < -0.4 is 0 Å². The van der Waals surface area contributed by atoms with Gasteiger partial charge in [-0.1, -0.05) is 25.7 Å². The molecule has 2 aromatic rings. The van der Waals surface area contributed by atoms with Crippen LogP contribution in [0.2, 0.25) is 5.28 Å². The first kappa shape index (κ1) is 31.4. The van der Waals surface area contributed by atoms with Crippen LogP contribution in [0.1, 0.15) is 37.6 Å². The van der Waals surface area contributed by atoms with Crippen LogP contribution in [-0.2, 0) is 29.5 Å². The van der Waals surface area contributed by atoms with Gasteiger partial charge in [-0.3, -0.25) is 13.6 Å². The van der Waals surface area contributed by atoms with Gasteiger partial charge in [0.05, 0.1) is 12.3 Å². The van der Waals surface area contributed by atoms with Gasteiger partial charge < -0.3 is 24.3 Å². The lowest BCUT2D eigenvalue weighted by Crippen LogP contribution is -2.34. The van der Waals surface area contributed by atoms with E-state index in [9.17, 15) is 41.1 Å². The second-order valence-electron chi connectivity index (χ2n) is 9.69. The highest BCUT2D eigenvalue weighted by Crippen LogP contribution is 2.50. The van der Waals surface area contributed by atoms with E-state index in [2.05, 4.69) is 19.0 Å². The molecule has 1 saturated heterocycles. The molecule has 4 atom stereocenters. The Balaban J connectivity index is 1.43. The molecule has 226 valence electrons. The predicted octanol–water partition coefficient (Wildman–Crippen LogP) is 4.76. The molecule has 2 N–H and O–H groups in total. The molecule has 0 aromatic carbocycles.